The van der Waals surface area contributed by atoms with Crippen LogP contribution in [0.4, 0.5) is 0 Å². The fourth-order valence-electron chi connectivity index (χ4n) is 2.46. The molecule has 0 N–H and O–H groups in total. The van der Waals surface area contributed by atoms with Crippen LogP contribution in [0.1, 0.15) is 39.3 Å². The maximum atomic E-state index is 6.26. The van der Waals surface area contributed by atoms with Gasteiger partial charge in [-0.2, -0.15) is 0 Å². The van der Waals surface area contributed by atoms with Gasteiger partial charge in [0.1, 0.15) is 8.07 Å². The predicted octanol–water partition coefficient (Wildman–Crippen LogP) is 6.51. The zero-order valence-electron chi connectivity index (χ0n) is 19.6. The molecule has 4 heteroatoms. The molecule has 2 nitrogen and oxygen atoms in total. The lowest BCUT2D eigenvalue weighted by atomic mass is 10.1. The molecule has 156 valence electrons. The Kier molecular flexibility index (Phi) is 9.42. The smallest absolute Gasteiger partial charge is 0.192 e. The van der Waals surface area contributed by atoms with Crippen LogP contribution in [0.25, 0.3) is 0 Å². The summed E-state index contributed by atoms with van der Waals surface area (Å²) in [7, 11) is -3.02. The highest BCUT2D eigenvalue weighted by Crippen LogP contribution is 2.36. The van der Waals surface area contributed by atoms with Gasteiger partial charge in [0, 0.05) is 12.6 Å². The van der Waals surface area contributed by atoms with E-state index in [1.165, 1.54) is 5.56 Å². The standard InChI is InChI=1S/C24H41NOSi2/c1-22(23-16-11-10-12-17-23)25(19-15-21-27(5,6)7)18-13-14-20-26-28(8,9)24(2,3)4/h10-14,16-17,22H,18-20H2,1-9H3/b14-13-/t22-/m0/s1. The Bertz CT molecular complexity index is 673. The summed E-state index contributed by atoms with van der Waals surface area (Å²) in [4.78, 5) is 2.44. The summed E-state index contributed by atoms with van der Waals surface area (Å²) >= 11 is 0. The monoisotopic (exact) mass is 415 g/mol. The van der Waals surface area contributed by atoms with Gasteiger partial charge in [-0.3, -0.25) is 4.90 Å². The minimum atomic E-state index is -1.68. The van der Waals surface area contributed by atoms with Crippen LogP contribution in [0.3, 0.4) is 0 Å². The van der Waals surface area contributed by atoms with Crippen molar-refractivity contribution in [2.75, 3.05) is 19.7 Å². The molecule has 1 rings (SSSR count). The van der Waals surface area contributed by atoms with Gasteiger partial charge < -0.3 is 4.43 Å². The second-order valence-corrected chi connectivity index (χ2v) is 19.7. The van der Waals surface area contributed by atoms with E-state index >= 15 is 0 Å². The third kappa shape index (κ3) is 8.92. The first-order chi connectivity index (χ1) is 12.8. The SMILES string of the molecule is C[C@@H](c1ccccc1)N(CC#C[Si](C)(C)C)C/C=C\CO[Si](C)(C)C(C)(C)C. The van der Waals surface area contributed by atoms with Crippen LogP contribution in [0.5, 0.6) is 0 Å². The van der Waals surface area contributed by atoms with Crippen molar-refractivity contribution in [3.05, 3.63) is 48.0 Å². The summed E-state index contributed by atoms with van der Waals surface area (Å²) in [6.45, 7) is 23.0. The lowest BCUT2D eigenvalue weighted by molar-refractivity contribution is 0.263. The summed E-state index contributed by atoms with van der Waals surface area (Å²) in [5, 5.41) is 0.251. The van der Waals surface area contributed by atoms with E-state index in [4.69, 9.17) is 4.43 Å². The van der Waals surface area contributed by atoms with Gasteiger partial charge in [0.05, 0.1) is 13.2 Å². The summed E-state index contributed by atoms with van der Waals surface area (Å²) in [5.41, 5.74) is 4.84. The second-order valence-electron chi connectivity index (χ2n) is 10.1. The lowest BCUT2D eigenvalue weighted by Crippen LogP contribution is -2.40. The quantitative estimate of drug-likeness (QED) is 0.273. The molecular weight excluding hydrogens is 374 g/mol. The van der Waals surface area contributed by atoms with Gasteiger partial charge in [0.25, 0.3) is 0 Å². The first-order valence-corrected chi connectivity index (χ1v) is 16.8. The van der Waals surface area contributed by atoms with E-state index in [0.717, 1.165) is 13.1 Å². The van der Waals surface area contributed by atoms with Gasteiger partial charge in [-0.05, 0) is 30.6 Å². The molecule has 0 saturated carbocycles. The minimum absolute atomic E-state index is 0.251. The van der Waals surface area contributed by atoms with Crippen LogP contribution >= 0.6 is 0 Å². The van der Waals surface area contributed by atoms with E-state index in [9.17, 15) is 0 Å². The van der Waals surface area contributed by atoms with Crippen LogP contribution < -0.4 is 0 Å². The topological polar surface area (TPSA) is 12.5 Å². The van der Waals surface area contributed by atoms with E-state index < -0.39 is 16.4 Å². The van der Waals surface area contributed by atoms with Gasteiger partial charge in [0.2, 0.25) is 0 Å². The Labute approximate surface area is 176 Å². The molecule has 0 radical (unpaired) electrons. The summed E-state index contributed by atoms with van der Waals surface area (Å²) in [6, 6.07) is 11.0. The van der Waals surface area contributed by atoms with Crippen molar-refractivity contribution in [2.24, 2.45) is 0 Å². The Morgan fingerprint density at radius 1 is 1.04 bits per heavy atom. The van der Waals surface area contributed by atoms with Crippen molar-refractivity contribution in [1.82, 2.24) is 4.90 Å². The first kappa shape index (κ1) is 24.9. The average molecular weight is 416 g/mol. The number of rotatable bonds is 8. The van der Waals surface area contributed by atoms with E-state index in [0.29, 0.717) is 12.6 Å². The highest BCUT2D eigenvalue weighted by molar-refractivity contribution is 6.83. The van der Waals surface area contributed by atoms with E-state index in [1.807, 2.05) is 0 Å². The Morgan fingerprint density at radius 2 is 1.64 bits per heavy atom. The first-order valence-electron chi connectivity index (χ1n) is 10.4. The molecule has 1 aromatic carbocycles. The zero-order chi connectivity index (χ0) is 21.4. The van der Waals surface area contributed by atoms with Crippen LogP contribution in [0.2, 0.25) is 37.8 Å². The molecule has 0 fully saturated rings. The highest BCUT2D eigenvalue weighted by atomic mass is 28.4. The lowest BCUT2D eigenvalue weighted by Gasteiger charge is -2.35. The number of benzene rings is 1. The Morgan fingerprint density at radius 3 is 2.18 bits per heavy atom. The van der Waals surface area contributed by atoms with Crippen molar-refractivity contribution < 1.29 is 4.43 Å². The molecule has 0 aliphatic heterocycles. The maximum Gasteiger partial charge on any atom is 0.192 e. The molecule has 0 unspecified atom stereocenters. The fourth-order valence-corrected chi connectivity index (χ4v) is 4.01. The van der Waals surface area contributed by atoms with Crippen LogP contribution in [0.15, 0.2) is 42.5 Å². The molecule has 0 heterocycles. The van der Waals surface area contributed by atoms with Gasteiger partial charge in [-0.15, -0.1) is 5.54 Å². The molecule has 0 aliphatic carbocycles. The number of hydrogen-bond acceptors (Lipinski definition) is 2. The number of nitrogens with zero attached hydrogens (tertiary/aromatic N) is 1. The maximum absolute atomic E-state index is 6.26. The van der Waals surface area contributed by atoms with Gasteiger partial charge in [0.15, 0.2) is 8.32 Å². The van der Waals surface area contributed by atoms with E-state index in [2.05, 4.69) is 119 Å². The van der Waals surface area contributed by atoms with Crippen LogP contribution in [-0.4, -0.2) is 41.0 Å². The molecule has 0 aliphatic rings. The molecule has 0 spiro atoms. The molecule has 0 saturated heterocycles. The van der Waals surface area contributed by atoms with E-state index in [1.54, 1.807) is 0 Å². The van der Waals surface area contributed by atoms with E-state index in [-0.39, 0.29) is 5.04 Å². The van der Waals surface area contributed by atoms with Crippen molar-refractivity contribution in [1.29, 1.82) is 0 Å². The average Bonchev–Trinajstić information content (AvgIpc) is 2.58. The predicted molar refractivity (Wildman–Crippen MR) is 130 cm³/mol. The van der Waals surface area contributed by atoms with Gasteiger partial charge >= 0.3 is 0 Å². The summed E-state index contributed by atoms with van der Waals surface area (Å²) < 4.78 is 6.26. The molecule has 28 heavy (non-hydrogen) atoms. The number of hydrogen-bond donors (Lipinski definition) is 0. The minimum Gasteiger partial charge on any atom is -0.413 e. The second kappa shape index (κ2) is 10.6. The molecule has 0 bridgehead atoms. The molecule has 1 atom stereocenters. The normalized spacial score (nSPS) is 14.2. The van der Waals surface area contributed by atoms with Crippen molar-refractivity contribution in [3.63, 3.8) is 0 Å². The van der Waals surface area contributed by atoms with Crippen molar-refractivity contribution >= 4 is 16.4 Å². The molecule has 1 aromatic rings. The van der Waals surface area contributed by atoms with Crippen molar-refractivity contribution in [3.8, 4) is 11.5 Å². The molecule has 0 amide bonds. The van der Waals surface area contributed by atoms with Crippen LogP contribution in [-0.2, 0) is 4.43 Å². The fraction of sp³-hybridized carbons (Fsp3) is 0.583. The van der Waals surface area contributed by atoms with Gasteiger partial charge in [-0.25, -0.2) is 0 Å². The molecular formula is C24H41NOSi2. The largest absolute Gasteiger partial charge is 0.413 e. The highest BCUT2D eigenvalue weighted by Gasteiger charge is 2.36. The third-order valence-corrected chi connectivity index (χ3v) is 10.9. The van der Waals surface area contributed by atoms with Crippen molar-refractivity contribution in [2.45, 2.75) is 71.5 Å². The molecule has 0 aromatic heterocycles. The third-order valence-electron chi connectivity index (χ3n) is 5.43. The Hall–Kier alpha value is -1.13. The Balaban J connectivity index is 2.75. The van der Waals surface area contributed by atoms with Gasteiger partial charge in [-0.1, -0.05) is 88.8 Å². The van der Waals surface area contributed by atoms with Crippen LogP contribution in [0, 0.1) is 11.5 Å². The summed E-state index contributed by atoms with van der Waals surface area (Å²) in [6.07, 6.45) is 4.42. The zero-order valence-corrected chi connectivity index (χ0v) is 21.6. The summed E-state index contributed by atoms with van der Waals surface area (Å²) in [5.74, 6) is 3.44.